The molecular formula is C25H32N8O. The second-order valence-corrected chi connectivity index (χ2v) is 10.5. The highest BCUT2D eigenvalue weighted by Gasteiger charge is 2.27. The Balaban J connectivity index is 1.57. The Hall–Kier alpha value is -3.46. The van der Waals surface area contributed by atoms with E-state index in [2.05, 4.69) is 68.4 Å². The minimum Gasteiger partial charge on any atom is -0.324 e. The third-order valence-corrected chi connectivity index (χ3v) is 6.43. The zero-order valence-electron chi connectivity index (χ0n) is 20.7. The lowest BCUT2D eigenvalue weighted by atomic mass is 9.79. The largest absolute Gasteiger partial charge is 0.324 e. The summed E-state index contributed by atoms with van der Waals surface area (Å²) in [5, 5.41) is 12.0. The Morgan fingerprint density at radius 3 is 2.71 bits per heavy atom. The number of benzene rings is 1. The van der Waals surface area contributed by atoms with Crippen LogP contribution < -0.4 is 16.2 Å². The highest BCUT2D eigenvalue weighted by molar-refractivity contribution is 5.77. The second kappa shape index (κ2) is 7.80. The van der Waals surface area contributed by atoms with Crippen molar-refractivity contribution < 1.29 is 0 Å². The summed E-state index contributed by atoms with van der Waals surface area (Å²) in [5.41, 5.74) is 3.87. The zero-order chi connectivity index (χ0) is 24.3. The van der Waals surface area contributed by atoms with Crippen molar-refractivity contribution in [3.8, 4) is 5.82 Å². The average Bonchev–Trinajstić information content (AvgIpc) is 3.36. The molecular weight excluding hydrogens is 428 g/mol. The van der Waals surface area contributed by atoms with E-state index in [-0.39, 0.29) is 16.5 Å². The predicted molar refractivity (Wildman–Crippen MR) is 134 cm³/mol. The molecule has 0 saturated carbocycles. The maximum Gasteiger partial charge on any atom is 0.278 e. The van der Waals surface area contributed by atoms with Crippen LogP contribution >= 0.6 is 0 Å². The molecule has 0 bridgehead atoms. The average molecular weight is 461 g/mol. The van der Waals surface area contributed by atoms with Crippen LogP contribution in [0.5, 0.6) is 0 Å². The van der Waals surface area contributed by atoms with Gasteiger partial charge in [0.2, 0.25) is 5.95 Å². The van der Waals surface area contributed by atoms with E-state index in [4.69, 9.17) is 10.1 Å². The summed E-state index contributed by atoms with van der Waals surface area (Å²) < 4.78 is 5.32. The smallest absolute Gasteiger partial charge is 0.278 e. The van der Waals surface area contributed by atoms with Crippen molar-refractivity contribution >= 4 is 22.7 Å². The van der Waals surface area contributed by atoms with E-state index in [1.807, 2.05) is 23.9 Å². The maximum absolute atomic E-state index is 13.0. The molecule has 1 aromatic carbocycles. The van der Waals surface area contributed by atoms with Crippen molar-refractivity contribution in [2.24, 2.45) is 0 Å². The molecule has 2 N–H and O–H groups in total. The Morgan fingerprint density at radius 1 is 1.21 bits per heavy atom. The third-order valence-electron chi connectivity index (χ3n) is 6.43. The first-order valence-corrected chi connectivity index (χ1v) is 11.7. The van der Waals surface area contributed by atoms with Crippen LogP contribution in [0.4, 0.5) is 11.6 Å². The summed E-state index contributed by atoms with van der Waals surface area (Å²) in [4.78, 5) is 22.2. The molecule has 0 aliphatic carbocycles. The number of hydrogen-bond acceptors (Lipinski definition) is 6. The van der Waals surface area contributed by atoms with Crippen LogP contribution in [0, 0.1) is 0 Å². The predicted octanol–water partition coefficient (Wildman–Crippen LogP) is 3.68. The number of aromatic nitrogens is 6. The number of anilines is 2. The van der Waals surface area contributed by atoms with Gasteiger partial charge >= 0.3 is 0 Å². The molecule has 34 heavy (non-hydrogen) atoms. The Labute approximate surface area is 198 Å². The number of nitrogens with one attached hydrogen (secondary N) is 2. The van der Waals surface area contributed by atoms with Crippen LogP contribution in [-0.2, 0) is 24.0 Å². The number of hydrogen-bond donors (Lipinski definition) is 2. The van der Waals surface area contributed by atoms with E-state index >= 15 is 0 Å². The van der Waals surface area contributed by atoms with Gasteiger partial charge in [-0.2, -0.15) is 10.1 Å². The minimum absolute atomic E-state index is 0.0944. The van der Waals surface area contributed by atoms with Gasteiger partial charge in [0.05, 0.1) is 5.54 Å². The van der Waals surface area contributed by atoms with Crippen LogP contribution in [-0.4, -0.2) is 35.7 Å². The minimum atomic E-state index is -0.171. The van der Waals surface area contributed by atoms with Gasteiger partial charge in [0.15, 0.2) is 11.5 Å². The molecule has 0 fully saturated rings. The molecule has 5 rings (SSSR count). The Kier molecular flexibility index (Phi) is 5.12. The molecule has 0 atom stereocenters. The lowest BCUT2D eigenvalue weighted by molar-refractivity contribution is 0.353. The standard InChI is InChI=1S/C25H32N8O/c1-7-31-22(34)18-14-27-23(28-17-8-9-19-16(12-17)13-26-15-25(19,5)6)29-21(18)33(31)20-10-11-32(30-20)24(2,3)4/h8-12,14,26H,7,13,15H2,1-6H3,(H,27,28,29). The van der Waals surface area contributed by atoms with Gasteiger partial charge in [0.25, 0.3) is 5.56 Å². The molecule has 0 radical (unpaired) electrons. The fraction of sp³-hybridized carbons (Fsp3) is 0.440. The van der Waals surface area contributed by atoms with Crippen LogP contribution in [0.15, 0.2) is 41.5 Å². The van der Waals surface area contributed by atoms with E-state index < -0.39 is 0 Å². The molecule has 0 saturated heterocycles. The fourth-order valence-corrected chi connectivity index (χ4v) is 4.62. The van der Waals surface area contributed by atoms with Crippen molar-refractivity contribution in [3.63, 3.8) is 0 Å². The van der Waals surface area contributed by atoms with E-state index in [9.17, 15) is 4.79 Å². The summed E-state index contributed by atoms with van der Waals surface area (Å²) in [7, 11) is 0. The van der Waals surface area contributed by atoms with Gasteiger partial charge in [-0.15, -0.1) is 0 Å². The highest BCUT2D eigenvalue weighted by atomic mass is 16.1. The first-order chi connectivity index (χ1) is 16.1. The van der Waals surface area contributed by atoms with Gasteiger partial charge in [-0.3, -0.25) is 9.48 Å². The van der Waals surface area contributed by atoms with Crippen molar-refractivity contribution in [1.29, 1.82) is 0 Å². The molecule has 0 amide bonds. The van der Waals surface area contributed by atoms with Gasteiger partial charge in [-0.25, -0.2) is 14.3 Å². The van der Waals surface area contributed by atoms with E-state index in [1.165, 1.54) is 11.1 Å². The van der Waals surface area contributed by atoms with Gasteiger partial charge in [0.1, 0.15) is 5.39 Å². The number of fused-ring (bicyclic) bond motifs is 2. The lowest BCUT2D eigenvalue weighted by Gasteiger charge is -2.33. The van der Waals surface area contributed by atoms with Crippen LogP contribution in [0.2, 0.25) is 0 Å². The molecule has 1 aliphatic heterocycles. The van der Waals surface area contributed by atoms with Crippen molar-refractivity contribution in [2.45, 2.75) is 65.6 Å². The van der Waals surface area contributed by atoms with E-state index in [0.29, 0.717) is 29.3 Å². The monoisotopic (exact) mass is 460 g/mol. The van der Waals surface area contributed by atoms with Crippen LogP contribution in [0.25, 0.3) is 16.9 Å². The molecule has 4 aromatic rings. The molecule has 9 nitrogen and oxygen atoms in total. The summed E-state index contributed by atoms with van der Waals surface area (Å²) >= 11 is 0. The summed E-state index contributed by atoms with van der Waals surface area (Å²) in [5.74, 6) is 1.09. The molecule has 9 heteroatoms. The van der Waals surface area contributed by atoms with E-state index in [1.54, 1.807) is 15.6 Å². The fourth-order valence-electron chi connectivity index (χ4n) is 4.62. The molecule has 3 aromatic heterocycles. The number of rotatable bonds is 4. The topological polar surface area (TPSA) is 94.6 Å². The normalized spacial score (nSPS) is 15.5. The van der Waals surface area contributed by atoms with Gasteiger partial charge in [-0.1, -0.05) is 19.9 Å². The lowest BCUT2D eigenvalue weighted by Crippen LogP contribution is -2.38. The highest BCUT2D eigenvalue weighted by Crippen LogP contribution is 2.31. The molecule has 1 aliphatic rings. The van der Waals surface area contributed by atoms with Gasteiger partial charge in [0, 0.05) is 49.2 Å². The maximum atomic E-state index is 13.0. The van der Waals surface area contributed by atoms with Crippen LogP contribution in [0.1, 0.15) is 52.7 Å². The quantitative estimate of drug-likeness (QED) is 0.483. The second-order valence-electron chi connectivity index (χ2n) is 10.5. The van der Waals surface area contributed by atoms with Crippen molar-refractivity contribution in [1.82, 2.24) is 34.4 Å². The molecule has 178 valence electrons. The summed E-state index contributed by atoms with van der Waals surface area (Å²) in [6.45, 7) is 15.0. The zero-order valence-corrected chi connectivity index (χ0v) is 20.7. The Morgan fingerprint density at radius 2 is 2.00 bits per heavy atom. The first kappa shape index (κ1) is 22.3. The molecule has 0 spiro atoms. The van der Waals surface area contributed by atoms with Gasteiger partial charge < -0.3 is 10.6 Å². The molecule has 4 heterocycles. The third kappa shape index (κ3) is 3.69. The summed E-state index contributed by atoms with van der Waals surface area (Å²) in [6, 6.07) is 8.30. The van der Waals surface area contributed by atoms with E-state index in [0.717, 1.165) is 18.8 Å². The summed E-state index contributed by atoms with van der Waals surface area (Å²) in [6.07, 6.45) is 3.52. The first-order valence-electron chi connectivity index (χ1n) is 11.7. The van der Waals surface area contributed by atoms with Crippen LogP contribution in [0.3, 0.4) is 0 Å². The number of nitrogens with zero attached hydrogens (tertiary/aromatic N) is 6. The Bertz CT molecular complexity index is 1430. The van der Waals surface area contributed by atoms with Crippen molar-refractivity contribution in [2.75, 3.05) is 11.9 Å². The molecule has 0 unspecified atom stereocenters. The SMILES string of the molecule is CCn1c(=O)c2cnc(Nc3ccc4c(c3)CNCC4(C)C)nc2n1-c1ccn(C(C)(C)C)n1. The van der Waals surface area contributed by atoms with Gasteiger partial charge in [-0.05, 0) is 51.0 Å². The van der Waals surface area contributed by atoms with Crippen molar-refractivity contribution in [3.05, 3.63) is 58.1 Å².